The third-order valence-corrected chi connectivity index (χ3v) is 2.86. The summed E-state index contributed by atoms with van der Waals surface area (Å²) in [5.41, 5.74) is 0. The SMILES string of the molecule is CCOC(=O)[C@H](C)[C@@H]1CCCCC1=O. The average molecular weight is 198 g/mol. The van der Waals surface area contributed by atoms with Gasteiger partial charge in [-0.3, -0.25) is 9.59 Å². The fourth-order valence-electron chi connectivity index (χ4n) is 1.98. The van der Waals surface area contributed by atoms with E-state index in [-0.39, 0.29) is 23.6 Å². The maximum absolute atomic E-state index is 11.5. The zero-order valence-corrected chi connectivity index (χ0v) is 8.91. The molecular formula is C11H18O3. The lowest BCUT2D eigenvalue weighted by Crippen LogP contribution is -2.31. The summed E-state index contributed by atoms with van der Waals surface area (Å²) in [6.07, 6.45) is 3.51. The van der Waals surface area contributed by atoms with Crippen molar-refractivity contribution in [3.63, 3.8) is 0 Å². The third-order valence-electron chi connectivity index (χ3n) is 2.86. The number of hydrogen-bond acceptors (Lipinski definition) is 3. The Morgan fingerprint density at radius 2 is 2.29 bits per heavy atom. The fraction of sp³-hybridized carbons (Fsp3) is 0.818. The Hall–Kier alpha value is -0.860. The maximum Gasteiger partial charge on any atom is 0.309 e. The molecule has 0 N–H and O–H groups in total. The summed E-state index contributed by atoms with van der Waals surface area (Å²) in [4.78, 5) is 23.0. The van der Waals surface area contributed by atoms with Crippen molar-refractivity contribution in [2.24, 2.45) is 11.8 Å². The number of rotatable bonds is 3. The average Bonchev–Trinajstić information content (AvgIpc) is 2.18. The zero-order valence-electron chi connectivity index (χ0n) is 8.91. The van der Waals surface area contributed by atoms with E-state index in [1.165, 1.54) is 0 Å². The molecule has 14 heavy (non-hydrogen) atoms. The van der Waals surface area contributed by atoms with Gasteiger partial charge in [0.1, 0.15) is 5.78 Å². The predicted octanol–water partition coefficient (Wildman–Crippen LogP) is 1.94. The summed E-state index contributed by atoms with van der Waals surface area (Å²) in [5, 5.41) is 0. The third kappa shape index (κ3) is 2.56. The molecule has 0 unspecified atom stereocenters. The summed E-state index contributed by atoms with van der Waals surface area (Å²) in [6.45, 7) is 3.98. The van der Waals surface area contributed by atoms with Crippen molar-refractivity contribution in [2.75, 3.05) is 6.61 Å². The number of carbonyl (C=O) groups excluding carboxylic acids is 2. The van der Waals surface area contributed by atoms with E-state index >= 15 is 0 Å². The molecule has 80 valence electrons. The standard InChI is InChI=1S/C11H18O3/c1-3-14-11(13)8(2)9-6-4-5-7-10(9)12/h8-9H,3-7H2,1-2H3/t8-,9+/m1/s1. The lowest BCUT2D eigenvalue weighted by Gasteiger charge is -2.24. The molecule has 0 aromatic carbocycles. The van der Waals surface area contributed by atoms with Crippen molar-refractivity contribution in [1.29, 1.82) is 0 Å². The van der Waals surface area contributed by atoms with E-state index < -0.39 is 0 Å². The second-order valence-electron chi connectivity index (χ2n) is 3.86. The lowest BCUT2D eigenvalue weighted by atomic mass is 9.80. The van der Waals surface area contributed by atoms with Crippen molar-refractivity contribution in [3.8, 4) is 0 Å². The summed E-state index contributed by atoms with van der Waals surface area (Å²) >= 11 is 0. The molecule has 0 aromatic heterocycles. The molecule has 0 bridgehead atoms. The molecule has 0 radical (unpaired) electrons. The van der Waals surface area contributed by atoms with Gasteiger partial charge >= 0.3 is 5.97 Å². The van der Waals surface area contributed by atoms with Crippen LogP contribution in [0.2, 0.25) is 0 Å². The number of Topliss-reactive ketones (excluding diaryl/α,β-unsaturated/α-hetero) is 1. The quantitative estimate of drug-likeness (QED) is 0.651. The smallest absolute Gasteiger partial charge is 0.309 e. The van der Waals surface area contributed by atoms with Crippen LogP contribution in [0.5, 0.6) is 0 Å². The van der Waals surface area contributed by atoms with Gasteiger partial charge < -0.3 is 4.74 Å². The van der Waals surface area contributed by atoms with Crippen LogP contribution in [0, 0.1) is 11.8 Å². The number of ketones is 1. The van der Waals surface area contributed by atoms with Crippen LogP contribution in [-0.4, -0.2) is 18.4 Å². The van der Waals surface area contributed by atoms with Crippen LogP contribution in [0.15, 0.2) is 0 Å². The van der Waals surface area contributed by atoms with Gasteiger partial charge in [-0.2, -0.15) is 0 Å². The minimum absolute atomic E-state index is 0.0946. The topological polar surface area (TPSA) is 43.4 Å². The Bertz CT molecular complexity index is 223. The molecule has 1 aliphatic rings. The van der Waals surface area contributed by atoms with Crippen molar-refractivity contribution in [1.82, 2.24) is 0 Å². The maximum atomic E-state index is 11.5. The molecule has 2 atom stereocenters. The number of ether oxygens (including phenoxy) is 1. The first-order valence-corrected chi connectivity index (χ1v) is 5.36. The zero-order chi connectivity index (χ0) is 10.6. The van der Waals surface area contributed by atoms with Crippen molar-refractivity contribution < 1.29 is 14.3 Å². The van der Waals surface area contributed by atoms with Gasteiger partial charge in [0.25, 0.3) is 0 Å². The number of hydrogen-bond donors (Lipinski definition) is 0. The molecule has 0 aliphatic heterocycles. The number of carbonyl (C=O) groups is 2. The Balaban J connectivity index is 2.53. The van der Waals surface area contributed by atoms with E-state index in [1.807, 2.05) is 0 Å². The highest BCUT2D eigenvalue weighted by molar-refractivity contribution is 5.87. The van der Waals surface area contributed by atoms with Gasteiger partial charge in [0.15, 0.2) is 0 Å². The fourth-order valence-corrected chi connectivity index (χ4v) is 1.98. The van der Waals surface area contributed by atoms with Gasteiger partial charge in [-0.1, -0.05) is 13.3 Å². The second-order valence-corrected chi connectivity index (χ2v) is 3.86. The van der Waals surface area contributed by atoms with Crippen molar-refractivity contribution in [2.45, 2.75) is 39.5 Å². The van der Waals surface area contributed by atoms with E-state index in [9.17, 15) is 9.59 Å². The summed E-state index contributed by atoms with van der Waals surface area (Å²) in [6, 6.07) is 0. The summed E-state index contributed by atoms with van der Waals surface area (Å²) in [7, 11) is 0. The predicted molar refractivity (Wildman–Crippen MR) is 52.8 cm³/mol. The molecule has 3 heteroatoms. The molecule has 0 amide bonds. The Morgan fingerprint density at radius 3 is 2.86 bits per heavy atom. The van der Waals surface area contributed by atoms with Crippen LogP contribution >= 0.6 is 0 Å². The van der Waals surface area contributed by atoms with E-state index in [2.05, 4.69) is 0 Å². The van der Waals surface area contributed by atoms with Gasteiger partial charge in [0.05, 0.1) is 12.5 Å². The summed E-state index contributed by atoms with van der Waals surface area (Å²) in [5.74, 6) is -0.352. The Labute approximate surface area is 84.8 Å². The van der Waals surface area contributed by atoms with E-state index in [4.69, 9.17) is 4.74 Å². The molecule has 1 saturated carbocycles. The number of esters is 1. The van der Waals surface area contributed by atoms with Crippen LogP contribution in [0.3, 0.4) is 0 Å². The molecule has 3 nitrogen and oxygen atoms in total. The van der Waals surface area contributed by atoms with Crippen LogP contribution in [0.4, 0.5) is 0 Å². The van der Waals surface area contributed by atoms with Crippen LogP contribution in [-0.2, 0) is 14.3 Å². The first-order valence-electron chi connectivity index (χ1n) is 5.36. The van der Waals surface area contributed by atoms with E-state index in [0.29, 0.717) is 13.0 Å². The highest BCUT2D eigenvalue weighted by Gasteiger charge is 2.32. The van der Waals surface area contributed by atoms with Crippen LogP contribution in [0.25, 0.3) is 0 Å². The molecule has 1 fully saturated rings. The molecule has 0 aromatic rings. The molecule has 0 heterocycles. The first-order chi connectivity index (χ1) is 6.66. The van der Waals surface area contributed by atoms with E-state index in [0.717, 1.165) is 19.3 Å². The van der Waals surface area contributed by atoms with Crippen LogP contribution in [0.1, 0.15) is 39.5 Å². The van der Waals surface area contributed by atoms with Gasteiger partial charge in [0, 0.05) is 12.3 Å². The molecular weight excluding hydrogens is 180 g/mol. The minimum atomic E-state index is -0.261. The Morgan fingerprint density at radius 1 is 1.57 bits per heavy atom. The minimum Gasteiger partial charge on any atom is -0.466 e. The molecule has 0 saturated heterocycles. The molecule has 0 spiro atoms. The monoisotopic (exact) mass is 198 g/mol. The van der Waals surface area contributed by atoms with Crippen molar-refractivity contribution >= 4 is 11.8 Å². The highest BCUT2D eigenvalue weighted by Crippen LogP contribution is 2.27. The highest BCUT2D eigenvalue weighted by atomic mass is 16.5. The largest absolute Gasteiger partial charge is 0.466 e. The van der Waals surface area contributed by atoms with Gasteiger partial charge in [0.2, 0.25) is 0 Å². The summed E-state index contributed by atoms with van der Waals surface area (Å²) < 4.78 is 4.91. The normalized spacial score (nSPS) is 24.4. The van der Waals surface area contributed by atoms with Gasteiger partial charge in [-0.25, -0.2) is 0 Å². The van der Waals surface area contributed by atoms with Crippen LogP contribution < -0.4 is 0 Å². The molecule has 1 aliphatic carbocycles. The Kier molecular flexibility index (Phi) is 4.11. The second kappa shape index (κ2) is 5.13. The van der Waals surface area contributed by atoms with Crippen molar-refractivity contribution in [3.05, 3.63) is 0 Å². The van der Waals surface area contributed by atoms with Gasteiger partial charge in [-0.05, 0) is 19.8 Å². The van der Waals surface area contributed by atoms with E-state index in [1.54, 1.807) is 13.8 Å². The molecule has 1 rings (SSSR count). The first kappa shape index (κ1) is 11.2. The van der Waals surface area contributed by atoms with Gasteiger partial charge in [-0.15, -0.1) is 0 Å². The lowest BCUT2D eigenvalue weighted by molar-refractivity contribution is -0.152.